The van der Waals surface area contributed by atoms with Crippen molar-refractivity contribution in [3.8, 4) is 5.75 Å². The fraction of sp³-hybridized carbons (Fsp3) is 0.667. The third-order valence-electron chi connectivity index (χ3n) is 4.54. The minimum Gasteiger partial charge on any atom is -0.489 e. The van der Waals surface area contributed by atoms with E-state index in [1.165, 1.54) is 18.7 Å². The molecule has 27 heavy (non-hydrogen) atoms. The molecule has 1 unspecified atom stereocenters. The van der Waals surface area contributed by atoms with Crippen molar-refractivity contribution >= 4 is 5.96 Å². The topological polar surface area (TPSA) is 48.9 Å². The molecular weight excluding hydrogens is 343 g/mol. The Balaban J connectivity index is 1.81. The summed E-state index contributed by atoms with van der Waals surface area (Å²) in [4.78, 5) is 7.20. The quantitative estimate of drug-likeness (QED) is 0.538. The Morgan fingerprint density at radius 1 is 1.30 bits per heavy atom. The van der Waals surface area contributed by atoms with E-state index in [9.17, 15) is 4.39 Å². The van der Waals surface area contributed by atoms with Crippen LogP contribution in [-0.2, 0) is 0 Å². The van der Waals surface area contributed by atoms with Gasteiger partial charge in [0.05, 0.1) is 6.54 Å². The van der Waals surface area contributed by atoms with Crippen LogP contribution < -0.4 is 15.4 Å². The van der Waals surface area contributed by atoms with E-state index >= 15 is 0 Å². The van der Waals surface area contributed by atoms with Crippen LogP contribution in [0.4, 0.5) is 4.39 Å². The van der Waals surface area contributed by atoms with Gasteiger partial charge in [-0.1, -0.05) is 19.9 Å². The molecule has 1 fully saturated rings. The molecule has 2 N–H and O–H groups in total. The van der Waals surface area contributed by atoms with E-state index < -0.39 is 0 Å². The third-order valence-corrected chi connectivity index (χ3v) is 4.54. The number of likely N-dealkylation sites (tertiary alicyclic amines) is 1. The minimum atomic E-state index is -0.290. The zero-order chi connectivity index (χ0) is 19.6. The molecule has 0 saturated carbocycles. The largest absolute Gasteiger partial charge is 0.489 e. The maximum Gasteiger partial charge on any atom is 0.191 e. The van der Waals surface area contributed by atoms with Gasteiger partial charge in [0.25, 0.3) is 0 Å². The van der Waals surface area contributed by atoms with Crippen LogP contribution in [0.3, 0.4) is 0 Å². The maximum atomic E-state index is 13.3. The molecule has 2 rings (SSSR count). The predicted octanol–water partition coefficient (Wildman–Crippen LogP) is 3.27. The molecule has 0 radical (unpaired) electrons. The van der Waals surface area contributed by atoms with E-state index in [2.05, 4.69) is 41.3 Å². The number of piperidine rings is 1. The van der Waals surface area contributed by atoms with E-state index in [0.717, 1.165) is 38.4 Å². The van der Waals surface area contributed by atoms with E-state index in [1.54, 1.807) is 12.1 Å². The van der Waals surface area contributed by atoms with Crippen LogP contribution in [0.2, 0.25) is 0 Å². The molecule has 0 amide bonds. The Kier molecular flexibility index (Phi) is 8.85. The zero-order valence-electron chi connectivity index (χ0n) is 17.2. The van der Waals surface area contributed by atoms with Crippen molar-refractivity contribution in [2.45, 2.75) is 52.7 Å². The lowest BCUT2D eigenvalue weighted by molar-refractivity contribution is 0.186. The molecule has 152 valence electrons. The van der Waals surface area contributed by atoms with Crippen molar-refractivity contribution in [1.82, 2.24) is 15.5 Å². The zero-order valence-corrected chi connectivity index (χ0v) is 17.2. The third kappa shape index (κ3) is 8.16. The van der Waals surface area contributed by atoms with Crippen molar-refractivity contribution in [2.75, 3.05) is 32.7 Å². The van der Waals surface area contributed by atoms with Crippen LogP contribution >= 0.6 is 0 Å². The number of hydrogen-bond acceptors (Lipinski definition) is 3. The van der Waals surface area contributed by atoms with Gasteiger partial charge in [0, 0.05) is 38.3 Å². The second-order valence-electron chi connectivity index (χ2n) is 7.72. The van der Waals surface area contributed by atoms with E-state index in [4.69, 9.17) is 4.74 Å². The van der Waals surface area contributed by atoms with Crippen molar-refractivity contribution in [3.05, 3.63) is 30.1 Å². The van der Waals surface area contributed by atoms with Gasteiger partial charge >= 0.3 is 0 Å². The number of rotatable bonds is 8. The summed E-state index contributed by atoms with van der Waals surface area (Å²) in [5, 5.41) is 6.87. The van der Waals surface area contributed by atoms with E-state index in [1.807, 2.05) is 6.92 Å². The first-order valence-electron chi connectivity index (χ1n) is 10.2. The molecule has 1 heterocycles. The van der Waals surface area contributed by atoms with Gasteiger partial charge in [-0.3, -0.25) is 0 Å². The molecule has 6 heteroatoms. The number of guanidine groups is 1. The highest BCUT2D eigenvalue weighted by Crippen LogP contribution is 2.14. The first-order chi connectivity index (χ1) is 13.0. The van der Waals surface area contributed by atoms with Gasteiger partial charge in [-0.05, 0) is 44.7 Å². The number of aliphatic imine (C=N–C) groups is 1. The number of benzene rings is 1. The average Bonchev–Trinajstić information content (AvgIpc) is 2.61. The standard InChI is InChI=1S/C21H35FN4O/c1-5-23-21(25-19-9-11-26(12-10-19)15-16(2)3)24-14-17(4)27-20-8-6-7-18(22)13-20/h6-8,13,16-17,19H,5,9-12,14-15H2,1-4H3,(H2,23,24,25). The molecule has 1 aliphatic rings. The van der Waals surface area contributed by atoms with Gasteiger partial charge in [-0.2, -0.15) is 0 Å². The van der Waals surface area contributed by atoms with Gasteiger partial charge in [0.15, 0.2) is 5.96 Å². The molecule has 1 atom stereocenters. The van der Waals surface area contributed by atoms with Crippen molar-refractivity contribution in [3.63, 3.8) is 0 Å². The number of hydrogen-bond donors (Lipinski definition) is 2. The Bertz CT molecular complexity index is 585. The van der Waals surface area contributed by atoms with E-state index in [0.29, 0.717) is 24.3 Å². The van der Waals surface area contributed by atoms with Crippen LogP contribution in [-0.4, -0.2) is 55.7 Å². The highest BCUT2D eigenvalue weighted by Gasteiger charge is 2.20. The summed E-state index contributed by atoms with van der Waals surface area (Å²) in [6, 6.07) is 6.67. The Hall–Kier alpha value is -1.82. The molecule has 1 aliphatic heterocycles. The lowest BCUT2D eigenvalue weighted by Crippen LogP contribution is -2.49. The highest BCUT2D eigenvalue weighted by atomic mass is 19.1. The first kappa shape index (κ1) is 21.5. The molecule has 0 bridgehead atoms. The van der Waals surface area contributed by atoms with Gasteiger partial charge in [0.1, 0.15) is 17.7 Å². The number of ether oxygens (including phenoxy) is 1. The van der Waals surface area contributed by atoms with Crippen molar-refractivity contribution in [1.29, 1.82) is 0 Å². The molecule has 5 nitrogen and oxygen atoms in total. The lowest BCUT2D eigenvalue weighted by atomic mass is 10.0. The fourth-order valence-corrected chi connectivity index (χ4v) is 3.32. The molecular formula is C21H35FN4O. The lowest BCUT2D eigenvalue weighted by Gasteiger charge is -2.34. The van der Waals surface area contributed by atoms with Crippen LogP contribution in [0.5, 0.6) is 5.75 Å². The van der Waals surface area contributed by atoms with Crippen LogP contribution in [0.15, 0.2) is 29.3 Å². The molecule has 0 aliphatic carbocycles. The van der Waals surface area contributed by atoms with Crippen LogP contribution in [0.25, 0.3) is 0 Å². The maximum absolute atomic E-state index is 13.3. The first-order valence-corrected chi connectivity index (χ1v) is 10.2. The second-order valence-corrected chi connectivity index (χ2v) is 7.72. The number of nitrogens with zero attached hydrogens (tertiary/aromatic N) is 2. The normalized spacial score (nSPS) is 17.8. The Labute approximate surface area is 163 Å². The van der Waals surface area contributed by atoms with Crippen LogP contribution in [0, 0.1) is 11.7 Å². The summed E-state index contributed by atoms with van der Waals surface area (Å²) < 4.78 is 19.0. The molecule has 1 aromatic rings. The summed E-state index contributed by atoms with van der Waals surface area (Å²) >= 11 is 0. The minimum absolute atomic E-state index is 0.129. The molecule has 0 aromatic heterocycles. The van der Waals surface area contributed by atoms with Gasteiger partial charge in [-0.15, -0.1) is 0 Å². The summed E-state index contributed by atoms with van der Waals surface area (Å²) in [5.74, 6) is 1.79. The molecule has 1 aromatic carbocycles. The fourth-order valence-electron chi connectivity index (χ4n) is 3.32. The van der Waals surface area contributed by atoms with Crippen molar-refractivity contribution in [2.24, 2.45) is 10.9 Å². The van der Waals surface area contributed by atoms with Gasteiger partial charge in [-0.25, -0.2) is 9.38 Å². The Morgan fingerprint density at radius 2 is 2.04 bits per heavy atom. The van der Waals surface area contributed by atoms with Gasteiger partial charge in [0.2, 0.25) is 0 Å². The summed E-state index contributed by atoms with van der Waals surface area (Å²) in [6.07, 6.45) is 2.13. The summed E-state index contributed by atoms with van der Waals surface area (Å²) in [7, 11) is 0. The SMILES string of the molecule is CCNC(=NCC(C)Oc1cccc(F)c1)NC1CCN(CC(C)C)CC1. The summed E-state index contributed by atoms with van der Waals surface area (Å²) in [6.45, 7) is 13.3. The highest BCUT2D eigenvalue weighted by molar-refractivity contribution is 5.80. The molecule has 1 saturated heterocycles. The average molecular weight is 379 g/mol. The van der Waals surface area contributed by atoms with E-state index in [-0.39, 0.29) is 11.9 Å². The summed E-state index contributed by atoms with van der Waals surface area (Å²) in [5.41, 5.74) is 0. The second kappa shape index (κ2) is 11.1. The Morgan fingerprint density at radius 3 is 2.67 bits per heavy atom. The predicted molar refractivity (Wildman–Crippen MR) is 110 cm³/mol. The van der Waals surface area contributed by atoms with Crippen molar-refractivity contribution < 1.29 is 9.13 Å². The molecule has 0 spiro atoms. The van der Waals surface area contributed by atoms with Crippen LogP contribution in [0.1, 0.15) is 40.5 Å². The number of halogens is 1. The monoisotopic (exact) mass is 378 g/mol. The smallest absolute Gasteiger partial charge is 0.191 e. The van der Waals surface area contributed by atoms with Gasteiger partial charge < -0.3 is 20.3 Å². The number of nitrogens with one attached hydrogen (secondary N) is 2.